The molecular weight excluding hydrogens is 380 g/mol. The highest BCUT2D eigenvalue weighted by Crippen LogP contribution is 2.58. The molecule has 0 N–H and O–H groups in total. The first-order chi connectivity index (χ1) is 14.1. The maximum Gasteiger partial charge on any atom is 0.333 e. The monoisotopic (exact) mass is 414 g/mol. The van der Waals surface area contributed by atoms with Gasteiger partial charge in [0.15, 0.2) is 6.10 Å². The largest absolute Gasteiger partial charge is 0.465 e. The maximum atomic E-state index is 12.5. The van der Waals surface area contributed by atoms with Crippen LogP contribution in [0, 0.1) is 24.2 Å². The molecule has 0 radical (unpaired) electrons. The maximum absolute atomic E-state index is 12.5. The van der Waals surface area contributed by atoms with Gasteiger partial charge in [-0.3, -0.25) is 0 Å². The molecule has 2 aliphatic carbocycles. The second-order valence-electron chi connectivity index (χ2n) is 9.41. The summed E-state index contributed by atoms with van der Waals surface area (Å²) in [5, 5.41) is 0. The lowest BCUT2D eigenvalue weighted by molar-refractivity contribution is -0.171. The zero-order valence-electron chi connectivity index (χ0n) is 19.2. The van der Waals surface area contributed by atoms with Crippen LogP contribution in [-0.4, -0.2) is 18.0 Å². The van der Waals surface area contributed by atoms with Crippen LogP contribution in [0.2, 0.25) is 0 Å². The van der Waals surface area contributed by atoms with Gasteiger partial charge in [-0.1, -0.05) is 25.5 Å². The summed E-state index contributed by atoms with van der Waals surface area (Å²) in [6, 6.07) is 0. The molecule has 0 aromatic carbocycles. The molecule has 5 heteroatoms. The Morgan fingerprint density at radius 2 is 1.90 bits per heavy atom. The first-order valence-corrected chi connectivity index (χ1v) is 10.8. The van der Waals surface area contributed by atoms with Crippen LogP contribution < -0.4 is 0 Å². The highest BCUT2D eigenvalue weighted by molar-refractivity contribution is 5.87. The lowest BCUT2D eigenvalue weighted by atomic mass is 9.54. The Hall–Kier alpha value is -2.30. The Morgan fingerprint density at radius 3 is 2.53 bits per heavy atom. The van der Waals surface area contributed by atoms with E-state index in [1.807, 2.05) is 27.7 Å². The first kappa shape index (κ1) is 22.4. The van der Waals surface area contributed by atoms with Crippen molar-refractivity contribution in [1.29, 1.82) is 0 Å². The Morgan fingerprint density at radius 1 is 1.20 bits per heavy atom. The van der Waals surface area contributed by atoms with Gasteiger partial charge in [0.2, 0.25) is 0 Å². The molecule has 5 unspecified atom stereocenters. The Bertz CT molecular complexity index is 885. The fourth-order valence-electron chi connectivity index (χ4n) is 5.03. The number of carbonyl (C=O) groups excluding carboxylic acids is 2. The molecule has 1 saturated carbocycles. The second kappa shape index (κ2) is 8.44. The number of hydrogen-bond acceptors (Lipinski definition) is 5. The van der Waals surface area contributed by atoms with Crippen molar-refractivity contribution in [1.82, 2.24) is 0 Å². The average molecular weight is 415 g/mol. The van der Waals surface area contributed by atoms with Crippen molar-refractivity contribution >= 4 is 11.9 Å². The summed E-state index contributed by atoms with van der Waals surface area (Å²) in [5.74, 6) is 0.417. The molecule has 1 aromatic heterocycles. The molecule has 0 amide bonds. The van der Waals surface area contributed by atoms with Gasteiger partial charge in [0, 0.05) is 23.1 Å². The summed E-state index contributed by atoms with van der Waals surface area (Å²) in [7, 11) is 0. The topological polar surface area (TPSA) is 65.7 Å². The van der Waals surface area contributed by atoms with Crippen LogP contribution in [0.25, 0.3) is 0 Å². The van der Waals surface area contributed by atoms with Crippen molar-refractivity contribution in [3.8, 4) is 0 Å². The molecular formula is C25H34O5. The summed E-state index contributed by atoms with van der Waals surface area (Å²) in [6.45, 7) is 13.8. The van der Waals surface area contributed by atoms with Crippen LogP contribution in [-0.2, 0) is 25.5 Å². The summed E-state index contributed by atoms with van der Waals surface area (Å²) < 4.78 is 17.7. The third-order valence-corrected chi connectivity index (χ3v) is 7.19. The zero-order valence-corrected chi connectivity index (χ0v) is 19.2. The summed E-state index contributed by atoms with van der Waals surface area (Å²) in [4.78, 5) is 24.9. The van der Waals surface area contributed by atoms with E-state index in [-0.39, 0.29) is 35.3 Å². The van der Waals surface area contributed by atoms with E-state index in [1.54, 1.807) is 19.3 Å². The van der Waals surface area contributed by atoms with Gasteiger partial charge >= 0.3 is 11.9 Å². The van der Waals surface area contributed by atoms with Crippen molar-refractivity contribution in [2.75, 3.05) is 0 Å². The van der Waals surface area contributed by atoms with Crippen LogP contribution >= 0.6 is 0 Å². The smallest absolute Gasteiger partial charge is 0.333 e. The quantitative estimate of drug-likeness (QED) is 0.472. The van der Waals surface area contributed by atoms with Crippen LogP contribution in [0.15, 0.2) is 34.0 Å². The van der Waals surface area contributed by atoms with E-state index in [4.69, 9.17) is 13.9 Å². The van der Waals surface area contributed by atoms with Crippen molar-refractivity contribution < 1.29 is 23.5 Å². The SMILES string of the molecule is CC=C(C)C(=O)OC1CCC2C(OC(=O)C=C(C)C)c3occ(C)c3CC2(C)C1C. The molecule has 1 aromatic rings. The summed E-state index contributed by atoms with van der Waals surface area (Å²) >= 11 is 0. The van der Waals surface area contributed by atoms with Gasteiger partial charge in [0.05, 0.1) is 6.26 Å². The van der Waals surface area contributed by atoms with E-state index >= 15 is 0 Å². The number of esters is 2. The number of fused-ring (bicyclic) bond motifs is 2. The molecule has 3 rings (SSSR count). The number of ether oxygens (including phenoxy) is 2. The standard InChI is InChI=1S/C25H34O5/c1-8-15(4)24(27)29-20-10-9-19-23(30-21(26)11-14(2)3)22-18(16(5)13-28-22)12-25(19,7)17(20)6/h8,11,13,17,19-20,23H,9-10,12H2,1-7H3. The van der Waals surface area contributed by atoms with Crippen molar-refractivity contribution in [2.24, 2.45) is 17.3 Å². The van der Waals surface area contributed by atoms with Crippen LogP contribution in [0.4, 0.5) is 0 Å². The van der Waals surface area contributed by atoms with Gasteiger partial charge in [0.25, 0.3) is 0 Å². The fraction of sp³-hybridized carbons (Fsp3) is 0.600. The van der Waals surface area contributed by atoms with E-state index in [0.717, 1.165) is 41.7 Å². The van der Waals surface area contributed by atoms with E-state index < -0.39 is 6.10 Å². The molecule has 2 aliphatic rings. The minimum atomic E-state index is -0.424. The van der Waals surface area contributed by atoms with Crippen LogP contribution in [0.1, 0.15) is 77.4 Å². The first-order valence-electron chi connectivity index (χ1n) is 10.8. The molecule has 30 heavy (non-hydrogen) atoms. The molecule has 0 spiro atoms. The van der Waals surface area contributed by atoms with Crippen molar-refractivity contribution in [3.63, 3.8) is 0 Å². The number of allylic oxidation sites excluding steroid dienone is 2. The second-order valence-corrected chi connectivity index (χ2v) is 9.41. The molecule has 0 aliphatic heterocycles. The minimum Gasteiger partial charge on any atom is -0.465 e. The van der Waals surface area contributed by atoms with Crippen LogP contribution in [0.3, 0.4) is 0 Å². The van der Waals surface area contributed by atoms with Gasteiger partial charge in [-0.2, -0.15) is 0 Å². The molecule has 0 bridgehead atoms. The Labute approximate surface area is 179 Å². The highest BCUT2D eigenvalue weighted by Gasteiger charge is 2.55. The normalized spacial score (nSPS) is 30.7. The number of carbonyl (C=O) groups is 2. The molecule has 1 fully saturated rings. The third kappa shape index (κ3) is 3.99. The van der Waals surface area contributed by atoms with Gasteiger partial charge in [-0.15, -0.1) is 0 Å². The highest BCUT2D eigenvalue weighted by atomic mass is 16.6. The fourth-order valence-corrected chi connectivity index (χ4v) is 5.03. The number of hydrogen-bond donors (Lipinski definition) is 0. The number of aryl methyl sites for hydroxylation is 1. The average Bonchev–Trinajstić information content (AvgIpc) is 3.03. The van der Waals surface area contributed by atoms with E-state index in [1.165, 1.54) is 6.08 Å². The predicted molar refractivity (Wildman–Crippen MR) is 115 cm³/mol. The van der Waals surface area contributed by atoms with Gasteiger partial charge in [-0.25, -0.2) is 9.59 Å². The molecule has 164 valence electrons. The molecule has 1 heterocycles. The Kier molecular flexibility index (Phi) is 6.30. The predicted octanol–water partition coefficient (Wildman–Crippen LogP) is 5.63. The molecule has 5 atom stereocenters. The van der Waals surface area contributed by atoms with Crippen LogP contribution in [0.5, 0.6) is 0 Å². The van der Waals surface area contributed by atoms with E-state index in [9.17, 15) is 9.59 Å². The van der Waals surface area contributed by atoms with E-state index in [0.29, 0.717) is 5.57 Å². The number of furan rings is 1. The van der Waals surface area contributed by atoms with Gasteiger partial charge in [-0.05, 0) is 70.8 Å². The van der Waals surface area contributed by atoms with Crippen molar-refractivity contribution in [3.05, 3.63) is 46.4 Å². The summed E-state index contributed by atoms with van der Waals surface area (Å²) in [5.41, 5.74) is 3.54. The number of rotatable bonds is 4. The molecule has 0 saturated heterocycles. The zero-order chi connectivity index (χ0) is 22.2. The lowest BCUT2D eigenvalue weighted by Gasteiger charge is -2.53. The van der Waals surface area contributed by atoms with Gasteiger partial charge in [0.1, 0.15) is 11.9 Å². The lowest BCUT2D eigenvalue weighted by Crippen LogP contribution is -2.52. The van der Waals surface area contributed by atoms with E-state index in [2.05, 4.69) is 13.8 Å². The van der Waals surface area contributed by atoms with Gasteiger partial charge < -0.3 is 13.9 Å². The summed E-state index contributed by atoms with van der Waals surface area (Å²) in [6.07, 6.45) is 6.85. The third-order valence-electron chi connectivity index (χ3n) is 7.19. The molecule has 5 nitrogen and oxygen atoms in total. The Balaban J connectivity index is 1.93. The minimum absolute atomic E-state index is 0.109. The van der Waals surface area contributed by atoms with Crippen molar-refractivity contribution in [2.45, 2.75) is 79.9 Å².